The number of rotatable bonds is 1. The summed E-state index contributed by atoms with van der Waals surface area (Å²) in [6.45, 7) is 0.0163. The number of hydrogen-bond donors (Lipinski definition) is 1. The Morgan fingerprint density at radius 1 is 1.25 bits per heavy atom. The van der Waals surface area contributed by atoms with Gasteiger partial charge in [-0.05, 0) is 37.4 Å². The molecule has 0 saturated carbocycles. The number of carbonyl (C=O) groups excluding carboxylic acids is 1. The van der Waals surface area contributed by atoms with Crippen molar-refractivity contribution in [2.24, 2.45) is 0 Å². The van der Waals surface area contributed by atoms with E-state index in [9.17, 15) is 9.90 Å². The summed E-state index contributed by atoms with van der Waals surface area (Å²) in [7, 11) is 2.08. The molecule has 4 rings (SSSR count). The summed E-state index contributed by atoms with van der Waals surface area (Å²) in [5.41, 5.74) is 2.42. The maximum Gasteiger partial charge on any atom is 0.240 e. The van der Waals surface area contributed by atoms with Crippen molar-refractivity contribution in [3.05, 3.63) is 35.4 Å². The third-order valence-corrected chi connectivity index (χ3v) is 5.44. The molecule has 1 N–H and O–H groups in total. The molecule has 0 aliphatic carbocycles. The number of aliphatic hydroxyl groups excluding tert-OH is 1. The van der Waals surface area contributed by atoms with Gasteiger partial charge >= 0.3 is 0 Å². The van der Waals surface area contributed by atoms with Gasteiger partial charge < -0.3 is 10.0 Å². The quantitative estimate of drug-likeness (QED) is 0.828. The van der Waals surface area contributed by atoms with Crippen molar-refractivity contribution >= 4 is 5.91 Å². The molecule has 2 bridgehead atoms. The van der Waals surface area contributed by atoms with Crippen LogP contribution in [0, 0.1) is 0 Å². The highest BCUT2D eigenvalue weighted by Gasteiger charge is 2.53. The Morgan fingerprint density at radius 3 is 2.85 bits per heavy atom. The highest BCUT2D eigenvalue weighted by atomic mass is 16.3. The van der Waals surface area contributed by atoms with Gasteiger partial charge in [0.05, 0.1) is 24.7 Å². The second kappa shape index (κ2) is 4.30. The minimum atomic E-state index is -0.158. The van der Waals surface area contributed by atoms with Gasteiger partial charge in [0.15, 0.2) is 0 Å². The molecule has 2 fully saturated rings. The molecule has 1 aromatic carbocycles. The highest BCUT2D eigenvalue weighted by molar-refractivity contribution is 5.85. The fraction of sp³-hybridized carbons (Fsp3) is 0.562. The number of fused-ring (bicyclic) bond motifs is 5. The van der Waals surface area contributed by atoms with E-state index in [-0.39, 0.29) is 30.6 Å². The minimum absolute atomic E-state index is 0.0163. The molecule has 0 radical (unpaired) electrons. The Labute approximate surface area is 119 Å². The van der Waals surface area contributed by atoms with Crippen LogP contribution in [0.25, 0.3) is 0 Å². The first kappa shape index (κ1) is 12.4. The Hall–Kier alpha value is -1.39. The van der Waals surface area contributed by atoms with Crippen molar-refractivity contribution in [3.63, 3.8) is 0 Å². The van der Waals surface area contributed by atoms with E-state index in [1.54, 1.807) is 0 Å². The van der Waals surface area contributed by atoms with Crippen molar-refractivity contribution in [3.8, 4) is 0 Å². The first-order valence-electron chi connectivity index (χ1n) is 7.45. The molecule has 2 saturated heterocycles. The summed E-state index contributed by atoms with van der Waals surface area (Å²) in [6.07, 6.45) is 2.97. The van der Waals surface area contributed by atoms with Crippen LogP contribution in [0.15, 0.2) is 24.3 Å². The molecule has 0 aromatic heterocycles. The summed E-state index contributed by atoms with van der Waals surface area (Å²) < 4.78 is 0. The van der Waals surface area contributed by atoms with E-state index in [0.717, 1.165) is 24.8 Å². The summed E-state index contributed by atoms with van der Waals surface area (Å²) >= 11 is 0. The van der Waals surface area contributed by atoms with Crippen LogP contribution < -0.4 is 0 Å². The number of likely N-dealkylation sites (N-methyl/N-ethyl adjacent to an activating group) is 1. The lowest BCUT2D eigenvalue weighted by Gasteiger charge is -2.51. The van der Waals surface area contributed by atoms with Crippen LogP contribution in [0.4, 0.5) is 0 Å². The molecule has 0 spiro atoms. The van der Waals surface area contributed by atoms with Crippen molar-refractivity contribution in [2.45, 2.75) is 43.4 Å². The smallest absolute Gasteiger partial charge is 0.240 e. The molecule has 0 unspecified atom stereocenters. The Morgan fingerprint density at radius 2 is 2.05 bits per heavy atom. The zero-order chi connectivity index (χ0) is 13.9. The van der Waals surface area contributed by atoms with E-state index in [0.29, 0.717) is 6.04 Å². The van der Waals surface area contributed by atoms with E-state index in [1.807, 2.05) is 11.0 Å². The first-order chi connectivity index (χ1) is 9.72. The van der Waals surface area contributed by atoms with Crippen LogP contribution in [-0.4, -0.2) is 52.6 Å². The fourth-order valence-corrected chi connectivity index (χ4v) is 4.48. The third kappa shape index (κ3) is 1.46. The topological polar surface area (TPSA) is 43.8 Å². The van der Waals surface area contributed by atoms with Gasteiger partial charge in [-0.3, -0.25) is 9.69 Å². The monoisotopic (exact) mass is 272 g/mol. The number of piperazine rings is 1. The van der Waals surface area contributed by atoms with Gasteiger partial charge in [-0.15, -0.1) is 0 Å². The molecule has 1 aromatic rings. The van der Waals surface area contributed by atoms with Crippen molar-refractivity contribution in [1.29, 1.82) is 0 Å². The average Bonchev–Trinajstić information content (AvgIpc) is 2.78. The highest BCUT2D eigenvalue weighted by Crippen LogP contribution is 2.43. The number of amides is 1. The molecule has 4 heteroatoms. The van der Waals surface area contributed by atoms with E-state index in [2.05, 4.69) is 30.1 Å². The number of aliphatic hydroxyl groups is 1. The molecule has 3 aliphatic heterocycles. The summed E-state index contributed by atoms with van der Waals surface area (Å²) in [4.78, 5) is 17.0. The van der Waals surface area contributed by atoms with Gasteiger partial charge in [0.1, 0.15) is 0 Å². The number of carbonyl (C=O) groups is 1. The van der Waals surface area contributed by atoms with Crippen LogP contribution >= 0.6 is 0 Å². The maximum absolute atomic E-state index is 12.8. The predicted octanol–water partition coefficient (Wildman–Crippen LogP) is 0.950. The largest absolute Gasteiger partial charge is 0.394 e. The van der Waals surface area contributed by atoms with E-state index < -0.39 is 0 Å². The molecule has 3 heterocycles. The third-order valence-electron chi connectivity index (χ3n) is 5.44. The Balaban J connectivity index is 1.83. The van der Waals surface area contributed by atoms with Crippen LogP contribution in [0.5, 0.6) is 0 Å². The fourth-order valence-electron chi connectivity index (χ4n) is 4.48. The molecular formula is C16H20N2O2. The summed E-state index contributed by atoms with van der Waals surface area (Å²) in [5.74, 6) is 0.208. The van der Waals surface area contributed by atoms with Crippen LogP contribution in [0.2, 0.25) is 0 Å². The lowest BCUT2D eigenvalue weighted by molar-refractivity contribution is -0.151. The van der Waals surface area contributed by atoms with E-state index in [1.165, 1.54) is 5.56 Å². The van der Waals surface area contributed by atoms with E-state index in [4.69, 9.17) is 0 Å². The zero-order valence-electron chi connectivity index (χ0n) is 11.7. The summed E-state index contributed by atoms with van der Waals surface area (Å²) in [5, 5.41) is 9.85. The number of nitrogens with zero attached hydrogens (tertiary/aromatic N) is 2. The van der Waals surface area contributed by atoms with E-state index >= 15 is 0 Å². The van der Waals surface area contributed by atoms with Crippen molar-refractivity contribution < 1.29 is 9.90 Å². The summed E-state index contributed by atoms with van der Waals surface area (Å²) in [6, 6.07) is 8.77. The average molecular weight is 272 g/mol. The molecule has 4 nitrogen and oxygen atoms in total. The second-order valence-corrected chi connectivity index (χ2v) is 6.24. The lowest BCUT2D eigenvalue weighted by atomic mass is 9.84. The van der Waals surface area contributed by atoms with Crippen LogP contribution in [0.1, 0.15) is 30.0 Å². The van der Waals surface area contributed by atoms with Gasteiger partial charge in [0.2, 0.25) is 5.91 Å². The van der Waals surface area contributed by atoms with Crippen LogP contribution in [0.3, 0.4) is 0 Å². The first-order valence-corrected chi connectivity index (χ1v) is 7.45. The predicted molar refractivity (Wildman–Crippen MR) is 75.2 cm³/mol. The maximum atomic E-state index is 12.8. The number of hydrogen-bond acceptors (Lipinski definition) is 3. The Bertz CT molecular complexity index is 559. The van der Waals surface area contributed by atoms with Gasteiger partial charge in [0, 0.05) is 6.04 Å². The Kier molecular flexibility index (Phi) is 2.66. The number of benzene rings is 1. The molecular weight excluding hydrogens is 252 g/mol. The molecule has 1 amide bonds. The SMILES string of the molecule is CN1[C@@H]2CC[C@H]1C(=O)N1[C@@H](CO)c3ccccc3C[C@@H]21. The van der Waals surface area contributed by atoms with Crippen LogP contribution in [-0.2, 0) is 11.2 Å². The van der Waals surface area contributed by atoms with Gasteiger partial charge in [-0.25, -0.2) is 0 Å². The van der Waals surface area contributed by atoms with Gasteiger partial charge in [0.25, 0.3) is 0 Å². The standard InChI is InChI=1S/C16H20N2O2/c1-17-12-6-7-13(17)16(20)18-14(12)8-10-4-2-3-5-11(10)15(18)9-19/h2-5,12-15,19H,6-9H2,1H3/t12-,13+,14+,15+/m1/s1. The molecule has 3 aliphatic rings. The van der Waals surface area contributed by atoms with Gasteiger partial charge in [-0.2, -0.15) is 0 Å². The molecule has 20 heavy (non-hydrogen) atoms. The minimum Gasteiger partial charge on any atom is -0.394 e. The van der Waals surface area contributed by atoms with Crippen molar-refractivity contribution in [2.75, 3.05) is 13.7 Å². The molecule has 4 atom stereocenters. The lowest BCUT2D eigenvalue weighted by Crippen LogP contribution is -2.64. The normalized spacial score (nSPS) is 35.9. The second-order valence-electron chi connectivity index (χ2n) is 6.24. The molecule has 106 valence electrons. The van der Waals surface area contributed by atoms with Gasteiger partial charge in [-0.1, -0.05) is 24.3 Å². The zero-order valence-corrected chi connectivity index (χ0v) is 11.7. The van der Waals surface area contributed by atoms with Crippen molar-refractivity contribution in [1.82, 2.24) is 9.80 Å².